The maximum absolute atomic E-state index is 14.6. The summed E-state index contributed by atoms with van der Waals surface area (Å²) < 4.78 is 11.5. The molecule has 0 saturated heterocycles. The molecular formula is C49H30N2O2. The molecule has 0 saturated carbocycles. The molecule has 0 amide bonds. The van der Waals surface area contributed by atoms with Gasteiger partial charge in [-0.2, -0.15) is 0 Å². The maximum Gasteiger partial charge on any atom is 0.200 e. The lowest BCUT2D eigenvalue weighted by atomic mass is 9.92. The normalized spacial score (nSPS) is 11.8. The molecule has 3 aromatic heterocycles. The molecule has 53 heavy (non-hydrogen) atoms. The quantitative estimate of drug-likeness (QED) is 0.174. The highest BCUT2D eigenvalue weighted by Gasteiger charge is 2.22. The van der Waals surface area contributed by atoms with E-state index in [-0.39, 0.29) is 5.43 Å². The summed E-state index contributed by atoms with van der Waals surface area (Å²) in [5.74, 6) is 0. The van der Waals surface area contributed by atoms with E-state index < -0.39 is 0 Å². The summed E-state index contributed by atoms with van der Waals surface area (Å²) in [6.45, 7) is 0. The number of hydrogen-bond acceptors (Lipinski definition) is 2. The molecule has 0 bridgehead atoms. The molecule has 248 valence electrons. The first kappa shape index (κ1) is 29.5. The molecule has 0 radical (unpaired) electrons. The van der Waals surface area contributed by atoms with Crippen LogP contribution < -0.4 is 5.43 Å². The van der Waals surface area contributed by atoms with Crippen molar-refractivity contribution in [3.05, 3.63) is 192 Å². The smallest absolute Gasteiger partial charge is 0.200 e. The topological polar surface area (TPSA) is 40.1 Å². The number of nitrogens with zero attached hydrogens (tertiary/aromatic N) is 2. The summed E-state index contributed by atoms with van der Waals surface area (Å²) >= 11 is 0. The van der Waals surface area contributed by atoms with Gasteiger partial charge < -0.3 is 13.6 Å². The number of hydrogen-bond donors (Lipinski definition) is 0. The molecule has 0 N–H and O–H groups in total. The Hall–Kier alpha value is -7.17. The van der Waals surface area contributed by atoms with Gasteiger partial charge in [-0.25, -0.2) is 0 Å². The van der Waals surface area contributed by atoms with Crippen LogP contribution in [0.5, 0.6) is 0 Å². The van der Waals surface area contributed by atoms with Crippen LogP contribution in [0.1, 0.15) is 0 Å². The Morgan fingerprint density at radius 1 is 0.415 bits per heavy atom. The van der Waals surface area contributed by atoms with Crippen LogP contribution in [0, 0.1) is 0 Å². The molecule has 11 rings (SSSR count). The Morgan fingerprint density at radius 2 is 1.04 bits per heavy atom. The summed E-state index contributed by atoms with van der Waals surface area (Å²) in [6, 6.07) is 62.7. The minimum Gasteiger partial charge on any atom is -0.455 e. The largest absolute Gasteiger partial charge is 0.455 e. The molecule has 0 aliphatic rings. The van der Waals surface area contributed by atoms with E-state index >= 15 is 0 Å². The van der Waals surface area contributed by atoms with Crippen molar-refractivity contribution in [3.8, 4) is 33.6 Å². The first-order valence-electron chi connectivity index (χ1n) is 17.9. The minimum atomic E-state index is -0.0495. The molecule has 4 nitrogen and oxygen atoms in total. The van der Waals surface area contributed by atoms with Crippen molar-refractivity contribution in [1.82, 2.24) is 9.13 Å². The highest BCUT2D eigenvalue weighted by Crippen LogP contribution is 2.43. The van der Waals surface area contributed by atoms with Crippen LogP contribution in [0.3, 0.4) is 0 Å². The Labute approximate surface area is 304 Å². The zero-order chi connectivity index (χ0) is 35.0. The molecule has 0 spiro atoms. The second kappa shape index (κ2) is 11.4. The Morgan fingerprint density at radius 3 is 1.79 bits per heavy atom. The van der Waals surface area contributed by atoms with Crippen molar-refractivity contribution >= 4 is 65.6 Å². The van der Waals surface area contributed by atoms with Gasteiger partial charge in [0, 0.05) is 38.5 Å². The summed E-state index contributed by atoms with van der Waals surface area (Å²) in [5, 5.41) is 5.78. The Bertz CT molecular complexity index is 3280. The van der Waals surface area contributed by atoms with Crippen molar-refractivity contribution in [2.45, 2.75) is 0 Å². The van der Waals surface area contributed by atoms with Gasteiger partial charge in [0.25, 0.3) is 0 Å². The second-order valence-corrected chi connectivity index (χ2v) is 13.6. The van der Waals surface area contributed by atoms with E-state index in [0.717, 1.165) is 66.5 Å². The average Bonchev–Trinajstić information content (AvgIpc) is 3.74. The molecule has 8 aromatic carbocycles. The van der Waals surface area contributed by atoms with Gasteiger partial charge in [0.2, 0.25) is 5.43 Å². The molecule has 0 aliphatic heterocycles. The minimum absolute atomic E-state index is 0.0495. The Balaban J connectivity index is 1.22. The summed E-state index contributed by atoms with van der Waals surface area (Å²) in [6.07, 6.45) is 0. The molecule has 0 atom stereocenters. The third-order valence-electron chi connectivity index (χ3n) is 10.7. The van der Waals surface area contributed by atoms with Crippen LogP contribution in [-0.4, -0.2) is 9.13 Å². The van der Waals surface area contributed by atoms with Crippen molar-refractivity contribution < 1.29 is 4.42 Å². The van der Waals surface area contributed by atoms with Crippen molar-refractivity contribution in [2.24, 2.45) is 0 Å². The number of fused-ring (bicyclic) bond motifs is 9. The fourth-order valence-corrected chi connectivity index (χ4v) is 8.43. The maximum atomic E-state index is 14.6. The van der Waals surface area contributed by atoms with E-state index in [9.17, 15) is 4.79 Å². The van der Waals surface area contributed by atoms with E-state index in [0.29, 0.717) is 21.9 Å². The van der Waals surface area contributed by atoms with Gasteiger partial charge >= 0.3 is 0 Å². The predicted molar refractivity (Wildman–Crippen MR) is 220 cm³/mol. The summed E-state index contributed by atoms with van der Waals surface area (Å²) in [4.78, 5) is 14.6. The van der Waals surface area contributed by atoms with Crippen LogP contribution in [0.2, 0.25) is 0 Å². The van der Waals surface area contributed by atoms with Crippen LogP contribution in [0.4, 0.5) is 0 Å². The van der Waals surface area contributed by atoms with E-state index in [1.807, 2.05) is 54.6 Å². The van der Waals surface area contributed by atoms with E-state index in [4.69, 9.17) is 4.42 Å². The second-order valence-electron chi connectivity index (χ2n) is 13.6. The average molecular weight is 679 g/mol. The predicted octanol–water partition coefficient (Wildman–Crippen LogP) is 12.5. The van der Waals surface area contributed by atoms with E-state index in [1.54, 1.807) is 0 Å². The standard InChI is InChI=1S/C49H30N2O2/c52-48-39-26-25-35(31-14-4-1-5-15-31)45(32-16-6-2-7-17-32)49(39)53-44-29-24-34(30-40(44)48)51-41-22-12-10-20-36(41)37-27-28-43-46(47(37)51)38-21-11-13-23-42(38)50(43)33-18-8-3-9-19-33/h1-30H. The molecule has 4 heteroatoms. The van der Waals surface area contributed by atoms with E-state index in [2.05, 4.69) is 137 Å². The van der Waals surface area contributed by atoms with Crippen molar-refractivity contribution in [3.63, 3.8) is 0 Å². The first-order valence-corrected chi connectivity index (χ1v) is 17.9. The van der Waals surface area contributed by atoms with Gasteiger partial charge in [0.15, 0.2) is 0 Å². The van der Waals surface area contributed by atoms with Crippen molar-refractivity contribution in [1.29, 1.82) is 0 Å². The van der Waals surface area contributed by atoms with Gasteiger partial charge in [-0.1, -0.05) is 127 Å². The van der Waals surface area contributed by atoms with E-state index in [1.165, 1.54) is 10.8 Å². The zero-order valence-electron chi connectivity index (χ0n) is 28.5. The number of para-hydroxylation sites is 3. The van der Waals surface area contributed by atoms with Gasteiger partial charge in [0.05, 0.1) is 32.8 Å². The van der Waals surface area contributed by atoms with Gasteiger partial charge in [-0.3, -0.25) is 4.79 Å². The lowest BCUT2D eigenvalue weighted by Gasteiger charge is -2.14. The highest BCUT2D eigenvalue weighted by molar-refractivity contribution is 6.26. The molecule has 0 fully saturated rings. The van der Waals surface area contributed by atoms with Gasteiger partial charge in [-0.05, 0) is 71.3 Å². The first-order chi connectivity index (χ1) is 26.2. The molecule has 3 heterocycles. The molecule has 0 unspecified atom stereocenters. The third kappa shape index (κ3) is 4.33. The summed E-state index contributed by atoms with van der Waals surface area (Å²) in [5.41, 5.74) is 11.6. The summed E-state index contributed by atoms with van der Waals surface area (Å²) in [7, 11) is 0. The van der Waals surface area contributed by atoms with Crippen LogP contribution in [0.25, 0.3) is 99.2 Å². The van der Waals surface area contributed by atoms with Crippen LogP contribution in [0.15, 0.2) is 191 Å². The van der Waals surface area contributed by atoms with Crippen molar-refractivity contribution in [2.75, 3.05) is 0 Å². The van der Waals surface area contributed by atoms with Crippen LogP contribution in [-0.2, 0) is 0 Å². The lowest BCUT2D eigenvalue weighted by molar-refractivity contribution is 0.661. The number of rotatable bonds is 4. The SMILES string of the molecule is O=c1c2cc(-n3c4ccccc4c4ccc5c(c6ccccc6n5-c5ccccc5)c43)ccc2oc2c(-c3ccccc3)c(-c3ccccc3)ccc12. The lowest BCUT2D eigenvalue weighted by Crippen LogP contribution is -2.05. The third-order valence-corrected chi connectivity index (χ3v) is 10.7. The fourth-order valence-electron chi connectivity index (χ4n) is 8.43. The van der Waals surface area contributed by atoms with Gasteiger partial charge in [0.1, 0.15) is 11.2 Å². The molecule has 0 aliphatic carbocycles. The number of aromatic nitrogens is 2. The Kier molecular flexibility index (Phi) is 6.37. The van der Waals surface area contributed by atoms with Gasteiger partial charge in [-0.15, -0.1) is 0 Å². The molecule has 11 aromatic rings. The monoisotopic (exact) mass is 678 g/mol. The zero-order valence-corrected chi connectivity index (χ0v) is 28.5. The fraction of sp³-hybridized carbons (Fsp3) is 0. The highest BCUT2D eigenvalue weighted by atomic mass is 16.3. The number of benzene rings is 8. The van der Waals surface area contributed by atoms with Crippen LogP contribution >= 0.6 is 0 Å². The molecular weight excluding hydrogens is 649 g/mol.